The van der Waals surface area contributed by atoms with E-state index in [2.05, 4.69) is 10.2 Å². The average molecular weight is 269 g/mol. The maximum absolute atomic E-state index is 5.65. The number of halogens is 1. The van der Waals surface area contributed by atoms with E-state index in [0.717, 1.165) is 34.2 Å². The Bertz CT molecular complexity index is 487. The SMILES string of the molecule is COc1cccc(-c2nnc(CCCCl)s2)c1. The summed E-state index contributed by atoms with van der Waals surface area (Å²) in [7, 11) is 1.66. The van der Waals surface area contributed by atoms with Crippen LogP contribution in [0.15, 0.2) is 24.3 Å². The van der Waals surface area contributed by atoms with Gasteiger partial charge in [0.2, 0.25) is 0 Å². The van der Waals surface area contributed by atoms with Crippen LogP contribution in [0.5, 0.6) is 5.75 Å². The van der Waals surface area contributed by atoms with Gasteiger partial charge in [-0.25, -0.2) is 0 Å². The minimum absolute atomic E-state index is 0.661. The van der Waals surface area contributed by atoms with Gasteiger partial charge in [0.05, 0.1) is 7.11 Å². The number of hydrogen-bond acceptors (Lipinski definition) is 4. The minimum atomic E-state index is 0.661. The van der Waals surface area contributed by atoms with E-state index in [-0.39, 0.29) is 0 Å². The van der Waals surface area contributed by atoms with Crippen LogP contribution in [0.4, 0.5) is 0 Å². The molecule has 0 fully saturated rings. The number of rotatable bonds is 5. The molecule has 3 nitrogen and oxygen atoms in total. The lowest BCUT2D eigenvalue weighted by Crippen LogP contribution is -1.84. The van der Waals surface area contributed by atoms with Crippen molar-refractivity contribution >= 4 is 22.9 Å². The third-order valence-electron chi connectivity index (χ3n) is 2.31. The Morgan fingerprint density at radius 2 is 2.24 bits per heavy atom. The Labute approximate surface area is 109 Å². The first-order valence-corrected chi connectivity index (χ1v) is 6.71. The van der Waals surface area contributed by atoms with Crippen molar-refractivity contribution < 1.29 is 4.74 Å². The summed E-state index contributed by atoms with van der Waals surface area (Å²) in [5.41, 5.74) is 1.04. The number of alkyl halides is 1. The van der Waals surface area contributed by atoms with Crippen LogP contribution in [0.1, 0.15) is 11.4 Å². The van der Waals surface area contributed by atoms with Crippen molar-refractivity contribution in [1.82, 2.24) is 10.2 Å². The van der Waals surface area contributed by atoms with E-state index in [0.29, 0.717) is 5.88 Å². The van der Waals surface area contributed by atoms with Gasteiger partial charge < -0.3 is 4.74 Å². The summed E-state index contributed by atoms with van der Waals surface area (Å²) in [4.78, 5) is 0. The number of nitrogens with zero attached hydrogens (tertiary/aromatic N) is 2. The lowest BCUT2D eigenvalue weighted by molar-refractivity contribution is 0.415. The highest BCUT2D eigenvalue weighted by Gasteiger charge is 2.07. The second-order valence-corrected chi connectivity index (χ2v) is 4.97. The molecular weight excluding hydrogens is 256 g/mol. The van der Waals surface area contributed by atoms with Crippen molar-refractivity contribution in [2.45, 2.75) is 12.8 Å². The summed E-state index contributed by atoms with van der Waals surface area (Å²) in [6.07, 6.45) is 1.83. The summed E-state index contributed by atoms with van der Waals surface area (Å²) in [6.45, 7) is 0. The molecule has 0 aliphatic heterocycles. The zero-order chi connectivity index (χ0) is 12.1. The number of ether oxygens (including phenoxy) is 1. The Hall–Kier alpha value is -1.13. The molecule has 2 rings (SSSR count). The smallest absolute Gasteiger partial charge is 0.147 e. The lowest BCUT2D eigenvalue weighted by atomic mass is 10.2. The molecule has 0 spiro atoms. The fourth-order valence-corrected chi connectivity index (χ4v) is 2.46. The van der Waals surface area contributed by atoms with Gasteiger partial charge in [-0.05, 0) is 18.6 Å². The number of aryl methyl sites for hydroxylation is 1. The van der Waals surface area contributed by atoms with Crippen molar-refractivity contribution in [1.29, 1.82) is 0 Å². The van der Waals surface area contributed by atoms with E-state index in [1.165, 1.54) is 0 Å². The standard InChI is InChI=1S/C12H13ClN2OS/c1-16-10-5-2-4-9(8-10)12-15-14-11(17-12)6-3-7-13/h2,4-5,8H,3,6-7H2,1H3. The molecule has 0 N–H and O–H groups in total. The van der Waals surface area contributed by atoms with E-state index in [1.807, 2.05) is 24.3 Å². The van der Waals surface area contributed by atoms with Crippen LogP contribution in [0, 0.1) is 0 Å². The number of benzene rings is 1. The highest BCUT2D eigenvalue weighted by atomic mass is 35.5. The summed E-state index contributed by atoms with van der Waals surface area (Å²) >= 11 is 7.26. The molecule has 17 heavy (non-hydrogen) atoms. The second-order valence-electron chi connectivity index (χ2n) is 3.53. The van der Waals surface area contributed by atoms with E-state index < -0.39 is 0 Å². The molecule has 1 aromatic heterocycles. The van der Waals surface area contributed by atoms with Crippen molar-refractivity contribution in [2.24, 2.45) is 0 Å². The molecule has 0 atom stereocenters. The molecule has 0 radical (unpaired) electrons. The fraction of sp³-hybridized carbons (Fsp3) is 0.333. The molecule has 0 aliphatic carbocycles. The molecule has 0 unspecified atom stereocenters. The molecule has 0 saturated carbocycles. The van der Waals surface area contributed by atoms with Gasteiger partial charge in [-0.2, -0.15) is 0 Å². The minimum Gasteiger partial charge on any atom is -0.497 e. The van der Waals surface area contributed by atoms with Gasteiger partial charge in [0.25, 0.3) is 0 Å². The predicted molar refractivity (Wildman–Crippen MR) is 70.9 cm³/mol. The second kappa shape index (κ2) is 5.98. The van der Waals surface area contributed by atoms with Crippen LogP contribution >= 0.6 is 22.9 Å². The van der Waals surface area contributed by atoms with Crippen LogP contribution in [-0.4, -0.2) is 23.2 Å². The first-order valence-electron chi connectivity index (χ1n) is 5.36. The normalized spacial score (nSPS) is 10.5. The van der Waals surface area contributed by atoms with Gasteiger partial charge in [0.1, 0.15) is 15.8 Å². The van der Waals surface area contributed by atoms with Crippen LogP contribution in [0.2, 0.25) is 0 Å². The number of methoxy groups -OCH3 is 1. The molecule has 90 valence electrons. The summed E-state index contributed by atoms with van der Waals surface area (Å²) in [5.74, 6) is 1.49. The van der Waals surface area contributed by atoms with Crippen LogP contribution in [0.25, 0.3) is 10.6 Å². The van der Waals surface area contributed by atoms with Crippen molar-refractivity contribution in [3.63, 3.8) is 0 Å². The predicted octanol–water partition coefficient (Wildman–Crippen LogP) is 3.39. The van der Waals surface area contributed by atoms with E-state index in [9.17, 15) is 0 Å². The Morgan fingerprint density at radius 3 is 3.00 bits per heavy atom. The maximum Gasteiger partial charge on any atom is 0.147 e. The van der Waals surface area contributed by atoms with Crippen molar-refractivity contribution in [3.05, 3.63) is 29.3 Å². The molecule has 5 heteroatoms. The number of aromatic nitrogens is 2. The first kappa shape index (κ1) is 12.3. The maximum atomic E-state index is 5.65. The first-order chi connectivity index (χ1) is 8.33. The average Bonchev–Trinajstić information content (AvgIpc) is 2.85. The van der Waals surface area contributed by atoms with Crippen LogP contribution in [0.3, 0.4) is 0 Å². The largest absolute Gasteiger partial charge is 0.497 e. The number of hydrogen-bond donors (Lipinski definition) is 0. The third-order valence-corrected chi connectivity index (χ3v) is 3.61. The Balaban J connectivity index is 2.18. The molecule has 1 heterocycles. The van der Waals surface area contributed by atoms with Crippen molar-refractivity contribution in [2.75, 3.05) is 13.0 Å². The van der Waals surface area contributed by atoms with Gasteiger partial charge in [-0.1, -0.05) is 23.5 Å². The van der Waals surface area contributed by atoms with Crippen molar-refractivity contribution in [3.8, 4) is 16.3 Å². The Kier molecular flexibility index (Phi) is 4.34. The molecule has 2 aromatic rings. The van der Waals surface area contributed by atoms with Crippen LogP contribution < -0.4 is 4.74 Å². The zero-order valence-corrected chi connectivity index (χ0v) is 11.1. The molecule has 0 amide bonds. The summed E-state index contributed by atoms with van der Waals surface area (Å²) in [6, 6.07) is 7.84. The highest BCUT2D eigenvalue weighted by Crippen LogP contribution is 2.26. The van der Waals surface area contributed by atoms with E-state index in [1.54, 1.807) is 18.4 Å². The molecular formula is C12H13ClN2OS. The van der Waals surface area contributed by atoms with Gasteiger partial charge in [0.15, 0.2) is 0 Å². The van der Waals surface area contributed by atoms with Gasteiger partial charge >= 0.3 is 0 Å². The quantitative estimate of drug-likeness (QED) is 0.780. The van der Waals surface area contributed by atoms with Crippen LogP contribution in [-0.2, 0) is 6.42 Å². The lowest BCUT2D eigenvalue weighted by Gasteiger charge is -2.00. The van der Waals surface area contributed by atoms with E-state index in [4.69, 9.17) is 16.3 Å². The Morgan fingerprint density at radius 1 is 1.35 bits per heavy atom. The highest BCUT2D eigenvalue weighted by molar-refractivity contribution is 7.14. The van der Waals surface area contributed by atoms with Gasteiger partial charge in [-0.15, -0.1) is 21.8 Å². The monoisotopic (exact) mass is 268 g/mol. The summed E-state index contributed by atoms with van der Waals surface area (Å²) in [5, 5.41) is 10.3. The molecule has 1 aromatic carbocycles. The van der Waals surface area contributed by atoms with Gasteiger partial charge in [-0.3, -0.25) is 0 Å². The van der Waals surface area contributed by atoms with E-state index >= 15 is 0 Å². The third kappa shape index (κ3) is 3.17. The molecule has 0 aliphatic rings. The summed E-state index contributed by atoms with van der Waals surface area (Å²) < 4.78 is 5.19. The molecule has 0 bridgehead atoms. The zero-order valence-electron chi connectivity index (χ0n) is 9.52. The molecule has 0 saturated heterocycles. The topological polar surface area (TPSA) is 35.0 Å². The fourth-order valence-electron chi connectivity index (χ4n) is 1.45. The van der Waals surface area contributed by atoms with Gasteiger partial charge in [0, 0.05) is 17.9 Å².